The van der Waals surface area contributed by atoms with Crippen LogP contribution in [0.15, 0.2) is 24.3 Å². The van der Waals surface area contributed by atoms with Crippen molar-refractivity contribution in [3.05, 3.63) is 29.8 Å². The molecule has 0 saturated carbocycles. The van der Waals surface area contributed by atoms with Crippen molar-refractivity contribution in [3.63, 3.8) is 0 Å². The van der Waals surface area contributed by atoms with E-state index >= 15 is 0 Å². The van der Waals surface area contributed by atoms with Gasteiger partial charge in [0.1, 0.15) is 0 Å². The summed E-state index contributed by atoms with van der Waals surface area (Å²) < 4.78 is 4.75. The van der Waals surface area contributed by atoms with Crippen LogP contribution < -0.4 is 5.32 Å². The first-order valence-corrected chi connectivity index (χ1v) is 5.78. The molecule has 0 aliphatic rings. The van der Waals surface area contributed by atoms with Gasteiger partial charge < -0.3 is 9.84 Å². The average molecular weight is 251 g/mol. The number of rotatable bonds is 5. The van der Waals surface area contributed by atoms with Gasteiger partial charge in [-0.15, -0.1) is 0 Å². The second-order valence-corrected chi connectivity index (χ2v) is 3.97. The van der Waals surface area contributed by atoms with Crippen LogP contribution in [-0.4, -0.2) is 23.8 Å². The first kappa shape index (κ1) is 14.0. The summed E-state index contributed by atoms with van der Waals surface area (Å²) in [5, 5.41) is 11.3. The predicted molar refractivity (Wildman–Crippen MR) is 67.8 cm³/mol. The molecule has 2 N–H and O–H groups in total. The first-order chi connectivity index (χ1) is 8.52. The van der Waals surface area contributed by atoms with Crippen molar-refractivity contribution in [1.82, 2.24) is 0 Å². The summed E-state index contributed by atoms with van der Waals surface area (Å²) in [4.78, 5) is 21.8. The summed E-state index contributed by atoms with van der Waals surface area (Å²) in [5.74, 6) is -0.879. The number of hydrogen-bond acceptors (Lipinski definition) is 3. The first-order valence-electron chi connectivity index (χ1n) is 5.78. The van der Waals surface area contributed by atoms with Gasteiger partial charge in [-0.2, -0.15) is 0 Å². The quantitative estimate of drug-likeness (QED) is 0.843. The Morgan fingerprint density at radius 1 is 1.33 bits per heavy atom. The molecular formula is C13H17NO4. The molecule has 5 heteroatoms. The maximum absolute atomic E-state index is 11.2. The number of ether oxygens (including phenoxy) is 1. The molecule has 5 nitrogen and oxygen atoms in total. The van der Waals surface area contributed by atoms with Gasteiger partial charge in [-0.1, -0.05) is 19.1 Å². The number of benzene rings is 1. The van der Waals surface area contributed by atoms with E-state index in [2.05, 4.69) is 5.32 Å². The van der Waals surface area contributed by atoms with Crippen LogP contribution in [0, 0.1) is 0 Å². The lowest BCUT2D eigenvalue weighted by atomic mass is 9.98. The highest BCUT2D eigenvalue weighted by molar-refractivity contribution is 5.84. The van der Waals surface area contributed by atoms with Gasteiger partial charge in [-0.3, -0.25) is 10.1 Å². The topological polar surface area (TPSA) is 75.6 Å². The van der Waals surface area contributed by atoms with E-state index < -0.39 is 12.1 Å². The molecule has 0 spiro atoms. The molecule has 18 heavy (non-hydrogen) atoms. The predicted octanol–water partition coefficient (Wildman–Crippen LogP) is 2.83. The number of anilines is 1. The number of hydrogen-bond donors (Lipinski definition) is 2. The van der Waals surface area contributed by atoms with E-state index in [1.165, 1.54) is 0 Å². The maximum atomic E-state index is 11.2. The third-order valence-corrected chi connectivity index (χ3v) is 2.48. The fraction of sp³-hybridized carbons (Fsp3) is 0.385. The number of carbonyl (C=O) groups excluding carboxylic acids is 1. The molecule has 1 amide bonds. The van der Waals surface area contributed by atoms with E-state index in [1.807, 2.05) is 6.92 Å². The lowest BCUT2D eigenvalue weighted by Gasteiger charge is -2.10. The SMILES string of the molecule is CCOC(=O)Nc1ccc(C(C)CC(=O)O)cc1. The zero-order chi connectivity index (χ0) is 13.5. The second kappa shape index (κ2) is 6.64. The summed E-state index contributed by atoms with van der Waals surface area (Å²) >= 11 is 0. The monoisotopic (exact) mass is 251 g/mol. The van der Waals surface area contributed by atoms with Gasteiger partial charge in [0.2, 0.25) is 0 Å². The van der Waals surface area contributed by atoms with Crippen molar-refractivity contribution in [3.8, 4) is 0 Å². The number of carboxylic acid groups (broad SMARTS) is 1. The van der Waals surface area contributed by atoms with Gasteiger partial charge in [-0.25, -0.2) is 4.79 Å². The van der Waals surface area contributed by atoms with Crippen molar-refractivity contribution >= 4 is 17.7 Å². The second-order valence-electron chi connectivity index (χ2n) is 3.97. The van der Waals surface area contributed by atoms with Gasteiger partial charge in [0.15, 0.2) is 0 Å². The van der Waals surface area contributed by atoms with Crippen LogP contribution in [0.3, 0.4) is 0 Å². The van der Waals surface area contributed by atoms with Gasteiger partial charge >= 0.3 is 12.1 Å². The number of amides is 1. The minimum Gasteiger partial charge on any atom is -0.481 e. The summed E-state index contributed by atoms with van der Waals surface area (Å²) in [6.07, 6.45) is -0.409. The minimum atomic E-state index is -0.823. The lowest BCUT2D eigenvalue weighted by Crippen LogP contribution is -2.13. The Hall–Kier alpha value is -2.04. The van der Waals surface area contributed by atoms with Gasteiger partial charge in [0.05, 0.1) is 13.0 Å². The van der Waals surface area contributed by atoms with Crippen molar-refractivity contribution in [2.75, 3.05) is 11.9 Å². The summed E-state index contributed by atoms with van der Waals surface area (Å²) in [6, 6.07) is 7.06. The molecule has 1 rings (SSSR count). The molecular weight excluding hydrogens is 234 g/mol. The van der Waals surface area contributed by atoms with E-state index in [9.17, 15) is 9.59 Å². The normalized spacial score (nSPS) is 11.7. The van der Waals surface area contributed by atoms with Crippen LogP contribution >= 0.6 is 0 Å². The summed E-state index contributed by atoms with van der Waals surface area (Å²) in [7, 11) is 0. The molecule has 0 aliphatic heterocycles. The van der Waals surface area contributed by atoms with Crippen molar-refractivity contribution < 1.29 is 19.4 Å². The number of carboxylic acids is 1. The number of carbonyl (C=O) groups is 2. The molecule has 98 valence electrons. The largest absolute Gasteiger partial charge is 0.481 e. The summed E-state index contributed by atoms with van der Waals surface area (Å²) in [6.45, 7) is 3.90. The van der Waals surface area contributed by atoms with Crippen molar-refractivity contribution in [2.45, 2.75) is 26.2 Å². The Morgan fingerprint density at radius 3 is 2.44 bits per heavy atom. The van der Waals surface area contributed by atoms with Crippen molar-refractivity contribution in [1.29, 1.82) is 0 Å². The molecule has 0 aromatic heterocycles. The van der Waals surface area contributed by atoms with E-state index in [4.69, 9.17) is 9.84 Å². The third kappa shape index (κ3) is 4.45. The highest BCUT2D eigenvalue weighted by atomic mass is 16.5. The van der Waals surface area contributed by atoms with E-state index in [0.717, 1.165) is 5.56 Å². The Balaban J connectivity index is 2.62. The van der Waals surface area contributed by atoms with E-state index in [-0.39, 0.29) is 12.3 Å². The average Bonchev–Trinajstić information content (AvgIpc) is 2.29. The Bertz CT molecular complexity index is 414. The Kier molecular flexibility index (Phi) is 5.17. The standard InChI is InChI=1S/C13H17NO4/c1-3-18-13(17)14-11-6-4-10(5-7-11)9(2)8-12(15)16/h4-7,9H,3,8H2,1-2H3,(H,14,17)(H,15,16). The van der Waals surface area contributed by atoms with Crippen LogP contribution in [0.5, 0.6) is 0 Å². The van der Waals surface area contributed by atoms with Crippen LogP contribution in [0.25, 0.3) is 0 Å². The van der Waals surface area contributed by atoms with Gasteiger partial charge in [0, 0.05) is 5.69 Å². The van der Waals surface area contributed by atoms with E-state index in [0.29, 0.717) is 12.3 Å². The molecule has 0 radical (unpaired) electrons. The highest BCUT2D eigenvalue weighted by Crippen LogP contribution is 2.20. The number of nitrogens with one attached hydrogen (secondary N) is 1. The molecule has 0 fully saturated rings. The zero-order valence-electron chi connectivity index (χ0n) is 10.5. The molecule has 1 aromatic carbocycles. The molecule has 1 atom stereocenters. The Morgan fingerprint density at radius 2 is 1.94 bits per heavy atom. The molecule has 1 aromatic rings. The highest BCUT2D eigenvalue weighted by Gasteiger charge is 2.10. The molecule has 0 heterocycles. The molecule has 0 bridgehead atoms. The fourth-order valence-electron chi connectivity index (χ4n) is 1.56. The lowest BCUT2D eigenvalue weighted by molar-refractivity contribution is -0.137. The maximum Gasteiger partial charge on any atom is 0.411 e. The minimum absolute atomic E-state index is 0.0563. The fourth-order valence-corrected chi connectivity index (χ4v) is 1.56. The molecule has 0 aliphatic carbocycles. The van der Waals surface area contributed by atoms with Crippen molar-refractivity contribution in [2.24, 2.45) is 0 Å². The zero-order valence-corrected chi connectivity index (χ0v) is 10.5. The number of aliphatic carboxylic acids is 1. The smallest absolute Gasteiger partial charge is 0.411 e. The van der Waals surface area contributed by atoms with E-state index in [1.54, 1.807) is 31.2 Å². The summed E-state index contributed by atoms with van der Waals surface area (Å²) in [5.41, 5.74) is 1.55. The van der Waals surface area contributed by atoms with Crippen LogP contribution in [0.4, 0.5) is 10.5 Å². The van der Waals surface area contributed by atoms with Crippen LogP contribution in [0.1, 0.15) is 31.7 Å². The van der Waals surface area contributed by atoms with Gasteiger partial charge in [-0.05, 0) is 30.5 Å². The third-order valence-electron chi connectivity index (χ3n) is 2.48. The van der Waals surface area contributed by atoms with Crippen LogP contribution in [0.2, 0.25) is 0 Å². The molecule has 0 saturated heterocycles. The van der Waals surface area contributed by atoms with Gasteiger partial charge in [0.25, 0.3) is 0 Å². The van der Waals surface area contributed by atoms with Crippen LogP contribution in [-0.2, 0) is 9.53 Å². The molecule has 1 unspecified atom stereocenters. The Labute approximate surface area is 106 Å².